The molecule has 3 aliphatic rings. The Morgan fingerprint density at radius 3 is 2.62 bits per heavy atom. The number of carbonyl (C=O) groups excluding carboxylic acids is 1. The molecule has 0 spiro atoms. The zero-order valence-corrected chi connectivity index (χ0v) is 11.8. The van der Waals surface area contributed by atoms with E-state index < -0.39 is 11.8 Å². The number of carbonyl (C=O) groups is 2. The predicted molar refractivity (Wildman–Crippen MR) is 79.1 cm³/mol. The Bertz CT molecular complexity index is 782. The van der Waals surface area contributed by atoms with Crippen molar-refractivity contribution in [1.82, 2.24) is 4.57 Å². The third-order valence-electron chi connectivity index (χ3n) is 4.86. The van der Waals surface area contributed by atoms with Gasteiger partial charge >= 0.3 is 5.97 Å². The summed E-state index contributed by atoms with van der Waals surface area (Å²) in [6.07, 6.45) is 2.28. The van der Waals surface area contributed by atoms with Gasteiger partial charge in [-0.15, -0.1) is 0 Å². The average Bonchev–Trinajstić information content (AvgIpc) is 2.83. The Labute approximate surface area is 121 Å². The third kappa shape index (κ3) is 1.51. The highest BCUT2D eigenvalue weighted by Crippen LogP contribution is 2.47. The zero-order valence-electron chi connectivity index (χ0n) is 11.8. The van der Waals surface area contributed by atoms with E-state index in [1.54, 1.807) is 12.1 Å². The minimum Gasteiger partial charge on any atom is -0.475 e. The number of aromatic nitrogens is 1. The molecule has 5 nitrogen and oxygen atoms in total. The van der Waals surface area contributed by atoms with Gasteiger partial charge in [0.2, 0.25) is 0 Å². The lowest BCUT2D eigenvalue weighted by molar-refractivity contribution is -0.131. The number of benzene rings is 1. The number of hydrogen-bond donors (Lipinski definition) is 1. The Morgan fingerprint density at radius 2 is 1.95 bits per heavy atom. The number of rotatable bonds is 2. The van der Waals surface area contributed by atoms with Gasteiger partial charge in [-0.2, -0.15) is 0 Å². The number of aliphatic carboxylic acids is 1. The maximum absolute atomic E-state index is 12.0. The number of para-hydroxylation sites is 1. The van der Waals surface area contributed by atoms with Crippen LogP contribution in [0.4, 0.5) is 5.82 Å². The van der Waals surface area contributed by atoms with Crippen LogP contribution in [0.2, 0.25) is 0 Å². The summed E-state index contributed by atoms with van der Waals surface area (Å²) >= 11 is 0. The van der Waals surface area contributed by atoms with Crippen LogP contribution in [0.3, 0.4) is 0 Å². The van der Waals surface area contributed by atoms with E-state index in [2.05, 4.69) is 4.90 Å². The largest absolute Gasteiger partial charge is 0.475 e. The Morgan fingerprint density at radius 1 is 1.24 bits per heavy atom. The van der Waals surface area contributed by atoms with E-state index >= 15 is 0 Å². The number of Topliss-reactive ketones (excluding diaryl/α,β-unsaturated/α-hetero) is 1. The fourth-order valence-electron chi connectivity index (χ4n) is 3.99. The first kappa shape index (κ1) is 12.4. The molecule has 0 atom stereocenters. The first-order valence-corrected chi connectivity index (χ1v) is 7.23. The molecule has 1 aromatic carbocycles. The van der Waals surface area contributed by atoms with Crippen molar-refractivity contribution in [1.29, 1.82) is 0 Å². The van der Waals surface area contributed by atoms with Gasteiger partial charge in [-0.25, -0.2) is 4.79 Å². The van der Waals surface area contributed by atoms with Gasteiger partial charge in [0, 0.05) is 31.1 Å². The second-order valence-corrected chi connectivity index (χ2v) is 5.89. The Hall–Kier alpha value is -2.30. The Balaban J connectivity index is 2.07. The van der Waals surface area contributed by atoms with E-state index in [0.717, 1.165) is 42.7 Å². The van der Waals surface area contributed by atoms with Crippen LogP contribution in [0.1, 0.15) is 34.7 Å². The molecule has 0 unspecified atom stereocenters. The lowest BCUT2D eigenvalue weighted by Gasteiger charge is -2.41. The molecule has 2 aromatic rings. The lowest BCUT2D eigenvalue weighted by Crippen LogP contribution is -2.39. The summed E-state index contributed by atoms with van der Waals surface area (Å²) in [5.41, 5.74) is 2.34. The summed E-state index contributed by atoms with van der Waals surface area (Å²) in [5, 5.41) is 10.1. The Kier molecular flexibility index (Phi) is 2.43. The molecule has 5 rings (SSSR count). The van der Waals surface area contributed by atoms with Crippen LogP contribution in [-0.2, 0) is 11.8 Å². The molecular formula is C16H16N2O3. The molecule has 1 N–H and O–H groups in total. The summed E-state index contributed by atoms with van der Waals surface area (Å²) in [7, 11) is 1.93. The molecule has 0 amide bonds. The maximum atomic E-state index is 12.0. The number of anilines is 1. The molecule has 21 heavy (non-hydrogen) atoms. The van der Waals surface area contributed by atoms with E-state index in [0.29, 0.717) is 5.92 Å². The highest BCUT2D eigenvalue weighted by atomic mass is 16.4. The molecule has 4 heterocycles. The monoisotopic (exact) mass is 284 g/mol. The van der Waals surface area contributed by atoms with Crippen molar-refractivity contribution < 1.29 is 14.7 Å². The second-order valence-electron chi connectivity index (χ2n) is 5.89. The molecule has 1 fully saturated rings. The molecule has 108 valence electrons. The van der Waals surface area contributed by atoms with Gasteiger partial charge in [0.25, 0.3) is 5.78 Å². The van der Waals surface area contributed by atoms with Crippen LogP contribution in [0.25, 0.3) is 10.9 Å². The standard InChI is InChI=1S/C16H16N2O3/c1-17-13-10(3-2-4-11(13)14(19)16(20)21)12-9-5-7-18(8-6-9)15(12)17/h2-4,9H,5-8H2,1H3,(H,20,21). The fourth-order valence-corrected chi connectivity index (χ4v) is 3.99. The number of carboxylic acid groups (broad SMARTS) is 1. The summed E-state index contributed by atoms with van der Waals surface area (Å²) in [4.78, 5) is 25.4. The van der Waals surface area contributed by atoms with Gasteiger partial charge in [0.05, 0.1) is 11.1 Å². The van der Waals surface area contributed by atoms with Crippen molar-refractivity contribution in [2.45, 2.75) is 18.8 Å². The van der Waals surface area contributed by atoms with Crippen molar-refractivity contribution in [3.05, 3.63) is 29.3 Å². The maximum Gasteiger partial charge on any atom is 0.377 e. The van der Waals surface area contributed by atoms with Gasteiger partial charge in [-0.1, -0.05) is 12.1 Å². The summed E-state index contributed by atoms with van der Waals surface area (Å²) < 4.78 is 2.01. The fraction of sp³-hybridized carbons (Fsp3) is 0.375. The SMILES string of the molecule is Cn1c2c(c3cccc(C(=O)C(=O)O)c31)C1CCN2CC1. The molecule has 5 heteroatoms. The molecule has 3 aliphatic heterocycles. The zero-order chi connectivity index (χ0) is 14.7. The number of piperidine rings is 1. The van der Waals surface area contributed by atoms with Crippen molar-refractivity contribution >= 4 is 28.5 Å². The van der Waals surface area contributed by atoms with E-state index in [1.807, 2.05) is 17.7 Å². The van der Waals surface area contributed by atoms with Crippen LogP contribution < -0.4 is 4.90 Å². The van der Waals surface area contributed by atoms with Crippen LogP contribution in [0.15, 0.2) is 18.2 Å². The smallest absolute Gasteiger partial charge is 0.377 e. The molecule has 0 saturated carbocycles. The molecule has 1 aromatic heterocycles. The van der Waals surface area contributed by atoms with Crippen molar-refractivity contribution in [3.8, 4) is 0 Å². The topological polar surface area (TPSA) is 62.5 Å². The number of fused-ring (bicyclic) bond motifs is 3. The summed E-state index contributed by atoms with van der Waals surface area (Å²) in [6, 6.07) is 5.41. The summed E-state index contributed by atoms with van der Waals surface area (Å²) in [5.74, 6) is -0.534. The normalized spacial score (nSPS) is 17.3. The third-order valence-corrected chi connectivity index (χ3v) is 4.86. The highest BCUT2D eigenvalue weighted by Gasteiger charge is 2.36. The minimum absolute atomic E-state index is 0.289. The summed E-state index contributed by atoms with van der Waals surface area (Å²) in [6.45, 7) is 2.09. The molecular weight excluding hydrogens is 268 g/mol. The van der Waals surface area contributed by atoms with Gasteiger partial charge in [-0.05, 0) is 24.8 Å². The highest BCUT2D eigenvalue weighted by molar-refractivity contribution is 6.42. The molecule has 0 aliphatic carbocycles. The van der Waals surface area contributed by atoms with E-state index in [4.69, 9.17) is 5.11 Å². The van der Waals surface area contributed by atoms with Gasteiger partial charge in [-0.3, -0.25) is 4.79 Å². The number of carboxylic acids is 1. The first-order chi connectivity index (χ1) is 10.1. The van der Waals surface area contributed by atoms with Gasteiger partial charge < -0.3 is 14.6 Å². The number of hydrogen-bond acceptors (Lipinski definition) is 3. The number of nitrogens with zero attached hydrogens (tertiary/aromatic N) is 2. The molecule has 2 bridgehead atoms. The van der Waals surface area contributed by atoms with Crippen LogP contribution in [0.5, 0.6) is 0 Å². The van der Waals surface area contributed by atoms with Crippen LogP contribution >= 0.6 is 0 Å². The first-order valence-electron chi connectivity index (χ1n) is 7.23. The van der Waals surface area contributed by atoms with Crippen molar-refractivity contribution in [2.24, 2.45) is 7.05 Å². The van der Waals surface area contributed by atoms with Crippen molar-refractivity contribution in [2.75, 3.05) is 18.0 Å². The molecule has 1 saturated heterocycles. The average molecular weight is 284 g/mol. The predicted octanol–water partition coefficient (Wildman–Crippen LogP) is 2.14. The van der Waals surface area contributed by atoms with Gasteiger partial charge in [0.15, 0.2) is 0 Å². The van der Waals surface area contributed by atoms with E-state index in [9.17, 15) is 9.59 Å². The second kappa shape index (κ2) is 4.10. The van der Waals surface area contributed by atoms with Crippen LogP contribution in [0, 0.1) is 0 Å². The number of aryl methyl sites for hydroxylation is 1. The van der Waals surface area contributed by atoms with E-state index in [1.165, 1.54) is 5.56 Å². The molecule has 0 radical (unpaired) electrons. The van der Waals surface area contributed by atoms with Crippen molar-refractivity contribution in [3.63, 3.8) is 0 Å². The van der Waals surface area contributed by atoms with Gasteiger partial charge in [0.1, 0.15) is 5.82 Å². The quantitative estimate of drug-likeness (QED) is 0.678. The minimum atomic E-state index is -1.40. The lowest BCUT2D eigenvalue weighted by atomic mass is 9.84. The van der Waals surface area contributed by atoms with E-state index in [-0.39, 0.29) is 5.56 Å². The van der Waals surface area contributed by atoms with Crippen LogP contribution in [-0.4, -0.2) is 34.5 Å². The number of ketones is 1.